The van der Waals surface area contributed by atoms with Crippen LogP contribution in [-0.4, -0.2) is 42.4 Å². The predicted octanol–water partition coefficient (Wildman–Crippen LogP) is 5.57. The van der Waals surface area contributed by atoms with Crippen molar-refractivity contribution < 1.29 is 0 Å². The van der Waals surface area contributed by atoms with E-state index in [4.69, 9.17) is 9.97 Å². The predicted molar refractivity (Wildman–Crippen MR) is 125 cm³/mol. The van der Waals surface area contributed by atoms with E-state index in [-0.39, 0.29) is 0 Å². The third-order valence-corrected chi connectivity index (χ3v) is 8.36. The molecule has 0 bridgehead atoms. The molecule has 4 aromatic rings. The number of aromatic nitrogens is 2. The van der Waals surface area contributed by atoms with Crippen molar-refractivity contribution in [3.05, 3.63) is 41.5 Å². The van der Waals surface area contributed by atoms with E-state index in [1.807, 2.05) is 22.7 Å². The van der Waals surface area contributed by atoms with Crippen molar-refractivity contribution in [1.29, 1.82) is 0 Å². The lowest BCUT2D eigenvalue weighted by Gasteiger charge is -2.34. The molecule has 0 saturated carbocycles. The molecular formula is C21H22N4S3. The lowest BCUT2D eigenvalue weighted by molar-refractivity contribution is 0.651. The van der Waals surface area contributed by atoms with E-state index in [1.54, 1.807) is 11.8 Å². The van der Waals surface area contributed by atoms with Gasteiger partial charge in [0, 0.05) is 31.1 Å². The number of fused-ring (bicyclic) bond motifs is 2. The van der Waals surface area contributed by atoms with E-state index in [2.05, 4.69) is 60.2 Å². The van der Waals surface area contributed by atoms with Crippen LogP contribution in [0.3, 0.4) is 0 Å². The molecule has 2 aromatic carbocycles. The molecule has 3 heterocycles. The van der Waals surface area contributed by atoms with Crippen LogP contribution in [0.15, 0.2) is 35.2 Å². The zero-order valence-corrected chi connectivity index (χ0v) is 18.7. The lowest BCUT2D eigenvalue weighted by Crippen LogP contribution is -2.46. The summed E-state index contributed by atoms with van der Waals surface area (Å²) in [4.78, 5) is 16.0. The van der Waals surface area contributed by atoms with Crippen LogP contribution in [0.2, 0.25) is 0 Å². The van der Waals surface area contributed by atoms with Crippen molar-refractivity contribution >= 4 is 65.1 Å². The number of hydrogen-bond donors (Lipinski definition) is 0. The normalized spacial score (nSPS) is 15.1. The van der Waals surface area contributed by atoms with Crippen LogP contribution in [0.25, 0.3) is 20.4 Å². The van der Waals surface area contributed by atoms with Crippen molar-refractivity contribution in [1.82, 2.24) is 9.97 Å². The topological polar surface area (TPSA) is 32.3 Å². The quantitative estimate of drug-likeness (QED) is 0.400. The Hall–Kier alpha value is -1.83. The first-order valence-electron chi connectivity index (χ1n) is 9.43. The monoisotopic (exact) mass is 426 g/mol. The number of thiazole rings is 2. The maximum Gasteiger partial charge on any atom is 0.186 e. The second-order valence-corrected chi connectivity index (χ2v) is 10.1. The van der Waals surface area contributed by atoms with Gasteiger partial charge in [0.25, 0.3) is 0 Å². The van der Waals surface area contributed by atoms with Gasteiger partial charge in [0.1, 0.15) is 0 Å². The summed E-state index contributed by atoms with van der Waals surface area (Å²) in [5.74, 6) is 0. The summed E-state index contributed by atoms with van der Waals surface area (Å²) in [5.41, 5.74) is 4.89. The van der Waals surface area contributed by atoms with E-state index in [0.29, 0.717) is 0 Å². The van der Waals surface area contributed by atoms with Crippen LogP contribution >= 0.6 is 34.4 Å². The molecule has 0 radical (unpaired) electrons. The summed E-state index contributed by atoms with van der Waals surface area (Å²) >= 11 is 5.40. The van der Waals surface area contributed by atoms with Gasteiger partial charge in [0.05, 0.1) is 20.4 Å². The lowest BCUT2D eigenvalue weighted by atomic mass is 10.1. The summed E-state index contributed by atoms with van der Waals surface area (Å²) in [7, 11) is 0. The first-order chi connectivity index (χ1) is 13.6. The van der Waals surface area contributed by atoms with E-state index in [1.165, 1.54) is 30.9 Å². The van der Waals surface area contributed by atoms with E-state index >= 15 is 0 Å². The SMILES string of the molecule is CSc1ccc2nc(N3CCN(c4nc5c(C)c(C)ccc5s4)CC3)sc2c1. The Balaban J connectivity index is 1.34. The fraction of sp³-hybridized carbons (Fsp3) is 0.333. The molecule has 1 fully saturated rings. The van der Waals surface area contributed by atoms with E-state index < -0.39 is 0 Å². The zero-order valence-electron chi connectivity index (χ0n) is 16.2. The third-order valence-electron chi connectivity index (χ3n) is 5.48. The highest BCUT2D eigenvalue weighted by Crippen LogP contribution is 2.34. The Morgan fingerprint density at radius 2 is 1.54 bits per heavy atom. The van der Waals surface area contributed by atoms with Crippen molar-refractivity contribution in [3.63, 3.8) is 0 Å². The number of rotatable bonds is 3. The highest BCUT2D eigenvalue weighted by atomic mass is 32.2. The summed E-state index contributed by atoms with van der Waals surface area (Å²) in [6.45, 7) is 8.29. The van der Waals surface area contributed by atoms with Crippen LogP contribution < -0.4 is 9.80 Å². The van der Waals surface area contributed by atoms with Gasteiger partial charge < -0.3 is 9.80 Å². The Morgan fingerprint density at radius 3 is 2.25 bits per heavy atom. The largest absolute Gasteiger partial charge is 0.345 e. The van der Waals surface area contributed by atoms with Gasteiger partial charge in [0.2, 0.25) is 0 Å². The molecule has 7 heteroatoms. The molecular weight excluding hydrogens is 404 g/mol. The van der Waals surface area contributed by atoms with Crippen LogP contribution in [0.5, 0.6) is 0 Å². The van der Waals surface area contributed by atoms with Gasteiger partial charge in [-0.3, -0.25) is 0 Å². The van der Waals surface area contributed by atoms with E-state index in [0.717, 1.165) is 42.0 Å². The van der Waals surface area contributed by atoms with Crippen molar-refractivity contribution in [2.45, 2.75) is 18.7 Å². The van der Waals surface area contributed by atoms with Crippen molar-refractivity contribution in [2.75, 3.05) is 42.2 Å². The number of aryl methyl sites for hydroxylation is 2. The first-order valence-corrected chi connectivity index (χ1v) is 12.3. The maximum atomic E-state index is 4.96. The molecule has 2 aromatic heterocycles. The van der Waals surface area contributed by atoms with Crippen LogP contribution in [-0.2, 0) is 0 Å². The molecule has 0 unspecified atom stereocenters. The van der Waals surface area contributed by atoms with Crippen molar-refractivity contribution in [2.24, 2.45) is 0 Å². The van der Waals surface area contributed by atoms with Gasteiger partial charge in [-0.2, -0.15) is 0 Å². The molecule has 1 saturated heterocycles. The molecule has 1 aliphatic rings. The number of thioether (sulfide) groups is 1. The van der Waals surface area contributed by atoms with Crippen LogP contribution in [0, 0.1) is 13.8 Å². The first kappa shape index (κ1) is 18.2. The smallest absolute Gasteiger partial charge is 0.186 e. The van der Waals surface area contributed by atoms with E-state index in [9.17, 15) is 0 Å². The molecule has 0 N–H and O–H groups in total. The average molecular weight is 427 g/mol. The van der Waals surface area contributed by atoms with Gasteiger partial charge in [-0.1, -0.05) is 28.7 Å². The minimum atomic E-state index is 0.989. The molecule has 0 amide bonds. The van der Waals surface area contributed by atoms with Gasteiger partial charge in [-0.15, -0.1) is 11.8 Å². The van der Waals surface area contributed by atoms with Gasteiger partial charge in [0.15, 0.2) is 10.3 Å². The maximum absolute atomic E-state index is 4.96. The second-order valence-electron chi connectivity index (χ2n) is 7.15. The molecule has 4 nitrogen and oxygen atoms in total. The number of benzene rings is 2. The standard InChI is InChI=1S/C21H22N4S3/c1-13-4-7-17-19(14(13)2)23-21(27-17)25-10-8-24(9-11-25)20-22-16-6-5-15(26-3)12-18(16)28-20/h4-7,12H,8-11H2,1-3H3. The fourth-order valence-electron chi connectivity index (χ4n) is 3.59. The summed E-state index contributed by atoms with van der Waals surface area (Å²) in [6, 6.07) is 11.0. The number of hydrogen-bond acceptors (Lipinski definition) is 7. The zero-order chi connectivity index (χ0) is 19.3. The number of anilines is 2. The summed E-state index contributed by atoms with van der Waals surface area (Å²) in [6.07, 6.45) is 2.12. The highest BCUT2D eigenvalue weighted by Gasteiger charge is 2.22. The van der Waals surface area contributed by atoms with Crippen molar-refractivity contribution in [3.8, 4) is 0 Å². The Morgan fingerprint density at radius 1 is 0.857 bits per heavy atom. The van der Waals surface area contributed by atoms with Gasteiger partial charge >= 0.3 is 0 Å². The minimum absolute atomic E-state index is 0.989. The van der Waals surface area contributed by atoms with Gasteiger partial charge in [-0.05, 0) is 55.5 Å². The average Bonchev–Trinajstić information content (AvgIpc) is 3.35. The summed E-state index contributed by atoms with van der Waals surface area (Å²) < 4.78 is 2.57. The Bertz CT molecular complexity index is 1160. The minimum Gasteiger partial charge on any atom is -0.345 e. The molecule has 0 spiro atoms. The highest BCUT2D eigenvalue weighted by molar-refractivity contribution is 7.98. The van der Waals surface area contributed by atoms with Gasteiger partial charge in [-0.25, -0.2) is 9.97 Å². The molecule has 0 atom stereocenters. The second kappa shape index (κ2) is 7.21. The third kappa shape index (κ3) is 3.15. The molecule has 1 aliphatic heterocycles. The number of piperazine rings is 1. The fourth-order valence-corrected chi connectivity index (χ4v) is 6.24. The Labute approximate surface area is 177 Å². The molecule has 144 valence electrons. The molecule has 0 aliphatic carbocycles. The molecule has 5 rings (SSSR count). The summed E-state index contributed by atoms with van der Waals surface area (Å²) in [5, 5.41) is 2.29. The number of nitrogens with zero attached hydrogens (tertiary/aromatic N) is 4. The van der Waals surface area contributed by atoms with Crippen LogP contribution in [0.4, 0.5) is 10.3 Å². The molecule has 28 heavy (non-hydrogen) atoms. The van der Waals surface area contributed by atoms with Crippen LogP contribution in [0.1, 0.15) is 11.1 Å². The Kier molecular flexibility index (Phi) is 4.69.